The third-order valence-corrected chi connectivity index (χ3v) is 5.79. The molecule has 1 aromatic rings. The normalized spacial score (nSPS) is 25.8. The van der Waals surface area contributed by atoms with E-state index < -0.39 is 5.41 Å². The van der Waals surface area contributed by atoms with Crippen LogP contribution in [0.3, 0.4) is 0 Å². The zero-order valence-electron chi connectivity index (χ0n) is 14.5. The van der Waals surface area contributed by atoms with E-state index >= 15 is 0 Å². The predicted octanol–water partition coefficient (Wildman–Crippen LogP) is 3.96. The minimum atomic E-state index is -0.466. The Morgan fingerprint density at radius 2 is 1.92 bits per heavy atom. The highest BCUT2D eigenvalue weighted by Crippen LogP contribution is 2.43. The van der Waals surface area contributed by atoms with Crippen molar-refractivity contribution in [3.8, 4) is 0 Å². The molecule has 2 saturated carbocycles. The summed E-state index contributed by atoms with van der Waals surface area (Å²) < 4.78 is 19.1. The zero-order valence-corrected chi connectivity index (χ0v) is 14.5. The first-order valence-corrected chi connectivity index (χ1v) is 9.28. The molecule has 0 aromatic heterocycles. The van der Waals surface area contributed by atoms with E-state index in [1.54, 1.807) is 12.1 Å². The summed E-state index contributed by atoms with van der Waals surface area (Å²) >= 11 is 0. The van der Waals surface area contributed by atoms with Crippen LogP contribution in [0, 0.1) is 11.7 Å². The van der Waals surface area contributed by atoms with Crippen molar-refractivity contribution < 1.29 is 13.9 Å². The Labute approximate surface area is 144 Å². The van der Waals surface area contributed by atoms with Crippen LogP contribution in [0.1, 0.15) is 57.4 Å². The Morgan fingerprint density at radius 3 is 2.54 bits per heavy atom. The number of benzene rings is 1. The quantitative estimate of drug-likeness (QED) is 0.800. The molecule has 2 atom stereocenters. The molecule has 0 aliphatic heterocycles. The number of nitrogens with one attached hydrogen (secondary N) is 1. The van der Waals surface area contributed by atoms with Gasteiger partial charge in [-0.05, 0) is 49.3 Å². The SMILES string of the molecule is C[C@H]1CCCC[C@H]1OCCNC(=O)C1(c2ccc(F)cc2)CCC1. The third kappa shape index (κ3) is 3.64. The molecule has 0 saturated heterocycles. The molecule has 2 fully saturated rings. The topological polar surface area (TPSA) is 38.3 Å². The molecule has 0 unspecified atom stereocenters. The maximum atomic E-state index is 13.1. The lowest BCUT2D eigenvalue weighted by atomic mass is 9.64. The molecule has 0 heterocycles. The summed E-state index contributed by atoms with van der Waals surface area (Å²) in [5.74, 6) is 0.413. The second-order valence-corrected chi connectivity index (χ2v) is 7.37. The monoisotopic (exact) mass is 333 g/mol. The molecule has 4 heteroatoms. The van der Waals surface area contributed by atoms with Crippen LogP contribution in [0.15, 0.2) is 24.3 Å². The van der Waals surface area contributed by atoms with Gasteiger partial charge in [-0.3, -0.25) is 4.79 Å². The molecule has 0 radical (unpaired) electrons. The Balaban J connectivity index is 1.49. The maximum absolute atomic E-state index is 13.1. The Kier molecular flexibility index (Phi) is 5.54. The molecular weight excluding hydrogens is 305 g/mol. The van der Waals surface area contributed by atoms with Crippen LogP contribution in [-0.4, -0.2) is 25.2 Å². The summed E-state index contributed by atoms with van der Waals surface area (Å²) in [5, 5.41) is 3.04. The van der Waals surface area contributed by atoms with Gasteiger partial charge in [-0.15, -0.1) is 0 Å². The number of hydrogen-bond acceptors (Lipinski definition) is 2. The number of amides is 1. The highest BCUT2D eigenvalue weighted by atomic mass is 19.1. The van der Waals surface area contributed by atoms with Crippen LogP contribution in [0.2, 0.25) is 0 Å². The van der Waals surface area contributed by atoms with Crippen molar-refractivity contribution in [3.05, 3.63) is 35.6 Å². The molecular formula is C20H28FNO2. The van der Waals surface area contributed by atoms with Crippen LogP contribution in [0.4, 0.5) is 4.39 Å². The van der Waals surface area contributed by atoms with Gasteiger partial charge in [0.25, 0.3) is 0 Å². The van der Waals surface area contributed by atoms with Gasteiger partial charge in [0.05, 0.1) is 18.1 Å². The summed E-state index contributed by atoms with van der Waals surface area (Å²) in [6, 6.07) is 6.37. The minimum absolute atomic E-state index is 0.0562. The number of carbonyl (C=O) groups excluding carboxylic acids is 1. The van der Waals surface area contributed by atoms with Crippen molar-refractivity contribution in [2.24, 2.45) is 5.92 Å². The highest BCUT2D eigenvalue weighted by Gasteiger charge is 2.45. The van der Waals surface area contributed by atoms with Crippen LogP contribution in [0.5, 0.6) is 0 Å². The van der Waals surface area contributed by atoms with Crippen molar-refractivity contribution in [1.29, 1.82) is 0 Å². The van der Waals surface area contributed by atoms with Gasteiger partial charge in [0.1, 0.15) is 5.82 Å². The lowest BCUT2D eigenvalue weighted by Crippen LogP contribution is -2.50. The Bertz CT molecular complexity index is 553. The van der Waals surface area contributed by atoms with Crippen LogP contribution < -0.4 is 5.32 Å². The zero-order chi connectivity index (χ0) is 17.0. The van der Waals surface area contributed by atoms with E-state index in [0.717, 1.165) is 31.2 Å². The Hall–Kier alpha value is -1.42. The number of hydrogen-bond donors (Lipinski definition) is 1. The average Bonchev–Trinajstić information content (AvgIpc) is 2.54. The lowest BCUT2D eigenvalue weighted by Gasteiger charge is -2.40. The first kappa shape index (κ1) is 17.4. The molecule has 2 aliphatic rings. The summed E-state index contributed by atoms with van der Waals surface area (Å²) in [6.07, 6.45) is 7.98. The van der Waals surface area contributed by atoms with Gasteiger partial charge in [0.15, 0.2) is 0 Å². The van der Waals surface area contributed by atoms with Gasteiger partial charge in [-0.2, -0.15) is 0 Å². The van der Waals surface area contributed by atoms with E-state index in [9.17, 15) is 9.18 Å². The maximum Gasteiger partial charge on any atom is 0.230 e. The molecule has 2 aliphatic carbocycles. The molecule has 3 nitrogen and oxygen atoms in total. The van der Waals surface area contributed by atoms with Crippen LogP contribution >= 0.6 is 0 Å². The van der Waals surface area contributed by atoms with Crippen LogP contribution in [-0.2, 0) is 14.9 Å². The van der Waals surface area contributed by atoms with Gasteiger partial charge < -0.3 is 10.1 Å². The van der Waals surface area contributed by atoms with Gasteiger partial charge in [-0.1, -0.05) is 38.3 Å². The third-order valence-electron chi connectivity index (χ3n) is 5.79. The predicted molar refractivity (Wildman–Crippen MR) is 92.3 cm³/mol. The Morgan fingerprint density at radius 1 is 1.21 bits per heavy atom. The minimum Gasteiger partial charge on any atom is -0.376 e. The second-order valence-electron chi connectivity index (χ2n) is 7.37. The molecule has 3 rings (SSSR count). The van der Waals surface area contributed by atoms with E-state index in [-0.39, 0.29) is 11.7 Å². The van der Waals surface area contributed by atoms with Crippen molar-refractivity contribution in [2.75, 3.05) is 13.2 Å². The number of carbonyl (C=O) groups is 1. The standard InChI is InChI=1S/C20H28FNO2/c1-15-5-2-3-6-18(15)24-14-13-22-19(23)20(11-4-12-20)16-7-9-17(21)10-8-16/h7-10,15,18H,2-6,11-14H2,1H3,(H,22,23)/t15-,18+/m0/s1. The van der Waals surface area contributed by atoms with E-state index in [4.69, 9.17) is 4.74 Å². The fraction of sp³-hybridized carbons (Fsp3) is 0.650. The first-order chi connectivity index (χ1) is 11.6. The summed E-state index contributed by atoms with van der Waals surface area (Å²) in [6.45, 7) is 3.37. The summed E-state index contributed by atoms with van der Waals surface area (Å²) in [5.41, 5.74) is 0.459. The first-order valence-electron chi connectivity index (χ1n) is 9.28. The van der Waals surface area contributed by atoms with E-state index in [0.29, 0.717) is 25.2 Å². The van der Waals surface area contributed by atoms with E-state index in [1.165, 1.54) is 31.4 Å². The molecule has 132 valence electrons. The lowest BCUT2D eigenvalue weighted by molar-refractivity contribution is -0.130. The molecule has 0 spiro atoms. The van der Waals surface area contributed by atoms with E-state index in [1.807, 2.05) is 0 Å². The summed E-state index contributed by atoms with van der Waals surface area (Å²) in [7, 11) is 0. The number of rotatable bonds is 6. The van der Waals surface area contributed by atoms with E-state index in [2.05, 4.69) is 12.2 Å². The van der Waals surface area contributed by atoms with Gasteiger partial charge in [-0.25, -0.2) is 4.39 Å². The highest BCUT2D eigenvalue weighted by molar-refractivity contribution is 5.89. The molecule has 1 aromatic carbocycles. The van der Waals surface area contributed by atoms with Gasteiger partial charge in [0, 0.05) is 6.54 Å². The number of ether oxygens (including phenoxy) is 1. The van der Waals surface area contributed by atoms with Crippen molar-refractivity contribution in [1.82, 2.24) is 5.32 Å². The molecule has 1 amide bonds. The smallest absolute Gasteiger partial charge is 0.230 e. The molecule has 24 heavy (non-hydrogen) atoms. The van der Waals surface area contributed by atoms with Crippen molar-refractivity contribution >= 4 is 5.91 Å². The fourth-order valence-electron chi connectivity index (χ4n) is 4.02. The van der Waals surface area contributed by atoms with Crippen molar-refractivity contribution in [2.45, 2.75) is 63.4 Å². The molecule has 0 bridgehead atoms. The summed E-state index contributed by atoms with van der Waals surface area (Å²) in [4.78, 5) is 12.7. The fourth-order valence-corrected chi connectivity index (χ4v) is 4.02. The average molecular weight is 333 g/mol. The molecule has 1 N–H and O–H groups in total. The largest absolute Gasteiger partial charge is 0.376 e. The van der Waals surface area contributed by atoms with Gasteiger partial charge >= 0.3 is 0 Å². The second kappa shape index (κ2) is 7.64. The van der Waals surface area contributed by atoms with Crippen LogP contribution in [0.25, 0.3) is 0 Å². The van der Waals surface area contributed by atoms with Gasteiger partial charge in [0.2, 0.25) is 5.91 Å². The number of halogens is 1. The van der Waals surface area contributed by atoms with Crippen molar-refractivity contribution in [3.63, 3.8) is 0 Å².